The molecule has 1 aliphatic carbocycles. The van der Waals surface area contributed by atoms with E-state index in [1.807, 2.05) is 31.2 Å². The first kappa shape index (κ1) is 15.4. The second kappa shape index (κ2) is 7.67. The van der Waals surface area contributed by atoms with E-state index < -0.39 is 0 Å². The van der Waals surface area contributed by atoms with Crippen LogP contribution in [0.1, 0.15) is 37.7 Å². The topological polar surface area (TPSA) is 38.3 Å². The highest BCUT2D eigenvalue weighted by Gasteiger charge is 2.23. The van der Waals surface area contributed by atoms with Crippen LogP contribution in [0.4, 0.5) is 0 Å². The van der Waals surface area contributed by atoms with Crippen molar-refractivity contribution in [3.05, 3.63) is 29.8 Å². The first-order chi connectivity index (χ1) is 9.65. The third-order valence-electron chi connectivity index (χ3n) is 3.62. The van der Waals surface area contributed by atoms with Crippen molar-refractivity contribution in [3.8, 4) is 5.75 Å². The molecule has 1 aromatic rings. The number of halogens is 1. The van der Waals surface area contributed by atoms with Crippen molar-refractivity contribution in [1.82, 2.24) is 5.32 Å². The molecule has 4 heteroatoms. The Labute approximate surface area is 129 Å². The van der Waals surface area contributed by atoms with E-state index in [-0.39, 0.29) is 11.9 Å². The molecule has 0 heterocycles. The van der Waals surface area contributed by atoms with Gasteiger partial charge in [-0.05, 0) is 37.5 Å². The Kier molecular flexibility index (Phi) is 5.89. The Morgan fingerprint density at radius 2 is 2.20 bits per heavy atom. The van der Waals surface area contributed by atoms with Crippen LogP contribution in [0.2, 0.25) is 0 Å². The van der Waals surface area contributed by atoms with Crippen LogP contribution in [-0.4, -0.2) is 23.4 Å². The van der Waals surface area contributed by atoms with Crippen molar-refractivity contribution >= 4 is 21.8 Å². The molecule has 0 aliphatic heterocycles. The van der Waals surface area contributed by atoms with E-state index in [4.69, 9.17) is 4.74 Å². The van der Waals surface area contributed by atoms with Gasteiger partial charge >= 0.3 is 0 Å². The molecule has 0 aromatic heterocycles. The molecule has 0 bridgehead atoms. The minimum absolute atomic E-state index is 0.0778. The number of amides is 1. The Morgan fingerprint density at radius 1 is 1.40 bits per heavy atom. The largest absolute Gasteiger partial charge is 0.493 e. The van der Waals surface area contributed by atoms with Crippen LogP contribution in [0.25, 0.3) is 0 Å². The SMILES string of the molecule is Cc1cccc(OCCC(=O)NC2CCCCC2Br)c1. The zero-order valence-corrected chi connectivity index (χ0v) is 13.5. The summed E-state index contributed by atoms with van der Waals surface area (Å²) in [7, 11) is 0. The summed E-state index contributed by atoms with van der Waals surface area (Å²) in [6.07, 6.45) is 5.07. The highest BCUT2D eigenvalue weighted by molar-refractivity contribution is 9.09. The molecular formula is C16H22BrNO2. The number of rotatable bonds is 5. The predicted molar refractivity (Wildman–Crippen MR) is 84.4 cm³/mol. The van der Waals surface area contributed by atoms with Gasteiger partial charge in [0.15, 0.2) is 0 Å². The van der Waals surface area contributed by atoms with Gasteiger partial charge < -0.3 is 10.1 Å². The minimum atomic E-state index is 0.0778. The van der Waals surface area contributed by atoms with Gasteiger partial charge in [-0.25, -0.2) is 0 Å². The molecule has 110 valence electrons. The van der Waals surface area contributed by atoms with Crippen molar-refractivity contribution < 1.29 is 9.53 Å². The molecule has 20 heavy (non-hydrogen) atoms. The van der Waals surface area contributed by atoms with Crippen LogP contribution < -0.4 is 10.1 Å². The second-order valence-corrected chi connectivity index (χ2v) is 6.57. The molecule has 1 aromatic carbocycles. The highest BCUT2D eigenvalue weighted by atomic mass is 79.9. The van der Waals surface area contributed by atoms with Gasteiger partial charge in [0.05, 0.1) is 13.0 Å². The summed E-state index contributed by atoms with van der Waals surface area (Å²) in [6.45, 7) is 2.45. The molecular weight excluding hydrogens is 318 g/mol. The van der Waals surface area contributed by atoms with E-state index in [1.54, 1.807) is 0 Å². The molecule has 2 unspecified atom stereocenters. The Bertz CT molecular complexity index is 450. The summed E-state index contributed by atoms with van der Waals surface area (Å²) < 4.78 is 5.60. The lowest BCUT2D eigenvalue weighted by Gasteiger charge is -2.28. The number of ether oxygens (including phenoxy) is 1. The monoisotopic (exact) mass is 339 g/mol. The number of benzene rings is 1. The lowest BCUT2D eigenvalue weighted by molar-refractivity contribution is -0.122. The molecule has 1 amide bonds. The summed E-state index contributed by atoms with van der Waals surface area (Å²) >= 11 is 3.65. The molecule has 0 radical (unpaired) electrons. The highest BCUT2D eigenvalue weighted by Crippen LogP contribution is 2.24. The Balaban J connectivity index is 1.70. The maximum Gasteiger partial charge on any atom is 0.223 e. The first-order valence-corrected chi connectivity index (χ1v) is 8.19. The van der Waals surface area contributed by atoms with Crippen LogP contribution in [0, 0.1) is 6.92 Å². The molecule has 0 saturated heterocycles. The van der Waals surface area contributed by atoms with Crippen LogP contribution in [0.5, 0.6) is 5.75 Å². The smallest absolute Gasteiger partial charge is 0.223 e. The van der Waals surface area contributed by atoms with Gasteiger partial charge in [-0.2, -0.15) is 0 Å². The van der Waals surface area contributed by atoms with Gasteiger partial charge in [-0.15, -0.1) is 0 Å². The molecule has 1 saturated carbocycles. The van der Waals surface area contributed by atoms with E-state index in [0.717, 1.165) is 24.2 Å². The average molecular weight is 340 g/mol. The second-order valence-electron chi connectivity index (χ2n) is 5.39. The number of carbonyl (C=O) groups is 1. The van der Waals surface area contributed by atoms with Crippen LogP contribution in [0.15, 0.2) is 24.3 Å². The number of alkyl halides is 1. The van der Waals surface area contributed by atoms with Crippen molar-refractivity contribution in [1.29, 1.82) is 0 Å². The molecule has 2 rings (SSSR count). The molecule has 3 nitrogen and oxygen atoms in total. The Hall–Kier alpha value is -1.03. The van der Waals surface area contributed by atoms with E-state index >= 15 is 0 Å². The zero-order valence-electron chi connectivity index (χ0n) is 11.9. The fraction of sp³-hybridized carbons (Fsp3) is 0.562. The quantitative estimate of drug-likeness (QED) is 0.832. The van der Waals surface area contributed by atoms with Crippen molar-refractivity contribution in [2.24, 2.45) is 0 Å². The van der Waals surface area contributed by atoms with Crippen molar-refractivity contribution in [2.45, 2.75) is 49.9 Å². The van der Waals surface area contributed by atoms with E-state index in [2.05, 4.69) is 21.2 Å². The average Bonchev–Trinajstić information content (AvgIpc) is 2.41. The summed E-state index contributed by atoms with van der Waals surface area (Å²) in [4.78, 5) is 12.3. The van der Waals surface area contributed by atoms with Gasteiger partial charge in [0.1, 0.15) is 5.75 Å². The standard InChI is InChI=1S/C16H22BrNO2/c1-12-5-4-6-13(11-12)20-10-9-16(19)18-15-8-3-2-7-14(15)17/h4-6,11,14-15H,2-3,7-10H2,1H3,(H,18,19). The minimum Gasteiger partial charge on any atom is -0.493 e. The van der Waals surface area contributed by atoms with Gasteiger partial charge in [-0.3, -0.25) is 4.79 Å². The van der Waals surface area contributed by atoms with Crippen molar-refractivity contribution in [2.75, 3.05) is 6.61 Å². The maximum absolute atomic E-state index is 11.9. The fourth-order valence-electron chi connectivity index (χ4n) is 2.49. The lowest BCUT2D eigenvalue weighted by Crippen LogP contribution is -2.42. The number of hydrogen-bond acceptors (Lipinski definition) is 2. The summed E-state index contributed by atoms with van der Waals surface area (Å²) in [5.41, 5.74) is 1.16. The molecule has 1 fully saturated rings. The number of nitrogens with one attached hydrogen (secondary N) is 1. The zero-order chi connectivity index (χ0) is 14.4. The van der Waals surface area contributed by atoms with Crippen LogP contribution >= 0.6 is 15.9 Å². The van der Waals surface area contributed by atoms with Crippen LogP contribution in [0.3, 0.4) is 0 Å². The third-order valence-corrected chi connectivity index (χ3v) is 4.71. The van der Waals surface area contributed by atoms with Gasteiger partial charge in [0.2, 0.25) is 5.91 Å². The van der Waals surface area contributed by atoms with Gasteiger partial charge in [-0.1, -0.05) is 40.9 Å². The number of carbonyl (C=O) groups excluding carboxylic acids is 1. The summed E-state index contributed by atoms with van der Waals surface area (Å²) in [5, 5.41) is 3.10. The summed E-state index contributed by atoms with van der Waals surface area (Å²) in [6, 6.07) is 8.16. The third kappa shape index (κ3) is 4.82. The Morgan fingerprint density at radius 3 is 2.95 bits per heavy atom. The molecule has 1 N–H and O–H groups in total. The molecule has 2 atom stereocenters. The molecule has 1 aliphatic rings. The fourth-order valence-corrected chi connectivity index (χ4v) is 3.21. The van der Waals surface area contributed by atoms with E-state index in [0.29, 0.717) is 17.9 Å². The molecule has 0 spiro atoms. The van der Waals surface area contributed by atoms with E-state index in [9.17, 15) is 4.79 Å². The predicted octanol–water partition coefficient (Wildman–Crippen LogP) is 3.59. The summed E-state index contributed by atoms with van der Waals surface area (Å²) in [5.74, 6) is 0.905. The number of aryl methyl sites for hydroxylation is 1. The van der Waals surface area contributed by atoms with Crippen molar-refractivity contribution in [3.63, 3.8) is 0 Å². The van der Waals surface area contributed by atoms with E-state index in [1.165, 1.54) is 12.8 Å². The van der Waals surface area contributed by atoms with Crippen LogP contribution in [-0.2, 0) is 4.79 Å². The van der Waals surface area contributed by atoms with Gasteiger partial charge in [0, 0.05) is 10.9 Å². The maximum atomic E-state index is 11.9. The number of hydrogen-bond donors (Lipinski definition) is 1. The lowest BCUT2D eigenvalue weighted by atomic mass is 9.95. The normalized spacial score (nSPS) is 22.3. The van der Waals surface area contributed by atoms with Gasteiger partial charge in [0.25, 0.3) is 0 Å². The first-order valence-electron chi connectivity index (χ1n) is 7.28.